The molecular formula is C23H24FNO7. The van der Waals surface area contributed by atoms with Crippen molar-refractivity contribution in [2.24, 2.45) is 5.92 Å². The SMILES string of the molecule is Fc1ccc(C2CCNCC2COc2ccc3c(c2)OCO3)cc1.O=C(O)C=CC(=O)O. The normalized spacial score (nSPS) is 19.2. The number of aliphatic carboxylic acids is 2. The maximum Gasteiger partial charge on any atom is 0.328 e. The summed E-state index contributed by atoms with van der Waals surface area (Å²) in [4.78, 5) is 19.1. The van der Waals surface area contributed by atoms with E-state index < -0.39 is 11.9 Å². The van der Waals surface area contributed by atoms with Crippen molar-refractivity contribution in [3.05, 3.63) is 66.0 Å². The van der Waals surface area contributed by atoms with Crippen molar-refractivity contribution >= 4 is 11.9 Å². The first-order chi connectivity index (χ1) is 15.4. The van der Waals surface area contributed by atoms with Crippen molar-refractivity contribution in [3.63, 3.8) is 0 Å². The molecule has 2 aromatic rings. The van der Waals surface area contributed by atoms with Crippen LogP contribution in [0.4, 0.5) is 4.39 Å². The second-order valence-corrected chi connectivity index (χ2v) is 7.25. The molecular weight excluding hydrogens is 421 g/mol. The van der Waals surface area contributed by atoms with E-state index in [-0.39, 0.29) is 12.6 Å². The van der Waals surface area contributed by atoms with Crippen LogP contribution in [0.3, 0.4) is 0 Å². The molecule has 32 heavy (non-hydrogen) atoms. The van der Waals surface area contributed by atoms with E-state index in [2.05, 4.69) is 5.32 Å². The van der Waals surface area contributed by atoms with Gasteiger partial charge >= 0.3 is 11.9 Å². The van der Waals surface area contributed by atoms with E-state index in [0.717, 1.165) is 36.8 Å². The topological polar surface area (TPSA) is 114 Å². The molecule has 0 spiro atoms. The molecule has 1 fully saturated rings. The Hall–Kier alpha value is -3.59. The van der Waals surface area contributed by atoms with Gasteiger partial charge in [0.25, 0.3) is 0 Å². The van der Waals surface area contributed by atoms with Crippen molar-refractivity contribution in [2.75, 3.05) is 26.5 Å². The monoisotopic (exact) mass is 445 g/mol. The fraction of sp³-hybridized carbons (Fsp3) is 0.304. The summed E-state index contributed by atoms with van der Waals surface area (Å²) in [7, 11) is 0. The Labute approximate surface area is 184 Å². The molecule has 170 valence electrons. The number of hydrogen-bond acceptors (Lipinski definition) is 6. The predicted molar refractivity (Wildman–Crippen MR) is 113 cm³/mol. The molecule has 8 nitrogen and oxygen atoms in total. The highest BCUT2D eigenvalue weighted by atomic mass is 19.1. The molecule has 2 aliphatic heterocycles. The average molecular weight is 445 g/mol. The number of carboxylic acid groups (broad SMARTS) is 2. The molecule has 2 atom stereocenters. The molecule has 1 saturated heterocycles. The molecule has 4 rings (SSSR count). The summed E-state index contributed by atoms with van der Waals surface area (Å²) < 4.78 is 29.9. The van der Waals surface area contributed by atoms with Gasteiger partial charge in [-0.25, -0.2) is 14.0 Å². The second-order valence-electron chi connectivity index (χ2n) is 7.25. The van der Waals surface area contributed by atoms with Crippen LogP contribution >= 0.6 is 0 Å². The fourth-order valence-electron chi connectivity index (χ4n) is 3.56. The number of rotatable bonds is 6. The van der Waals surface area contributed by atoms with E-state index >= 15 is 0 Å². The van der Waals surface area contributed by atoms with Crippen molar-refractivity contribution in [2.45, 2.75) is 12.3 Å². The number of piperidine rings is 1. The molecule has 0 aromatic heterocycles. The smallest absolute Gasteiger partial charge is 0.328 e. The first-order valence-electron chi connectivity index (χ1n) is 10.0. The zero-order valence-electron chi connectivity index (χ0n) is 17.2. The number of carboxylic acids is 2. The molecule has 0 saturated carbocycles. The summed E-state index contributed by atoms with van der Waals surface area (Å²) in [5.41, 5.74) is 1.18. The Kier molecular flexibility index (Phi) is 8.04. The van der Waals surface area contributed by atoms with E-state index in [4.69, 9.17) is 24.4 Å². The third-order valence-corrected chi connectivity index (χ3v) is 5.08. The van der Waals surface area contributed by atoms with Crippen molar-refractivity contribution < 1.29 is 38.4 Å². The van der Waals surface area contributed by atoms with Gasteiger partial charge in [-0.2, -0.15) is 0 Å². The second kappa shape index (κ2) is 11.1. The molecule has 2 heterocycles. The highest BCUT2D eigenvalue weighted by Gasteiger charge is 2.27. The lowest BCUT2D eigenvalue weighted by Crippen LogP contribution is -2.38. The number of ether oxygens (including phenoxy) is 3. The number of carbonyl (C=O) groups is 2. The molecule has 0 radical (unpaired) electrons. The quantitative estimate of drug-likeness (QED) is 0.582. The summed E-state index contributed by atoms with van der Waals surface area (Å²) in [6.45, 7) is 2.74. The minimum Gasteiger partial charge on any atom is -0.493 e. The minimum absolute atomic E-state index is 0.194. The van der Waals surface area contributed by atoms with Gasteiger partial charge < -0.3 is 29.7 Å². The fourth-order valence-corrected chi connectivity index (χ4v) is 3.56. The number of halogens is 1. The summed E-state index contributed by atoms with van der Waals surface area (Å²) in [5, 5.41) is 19.0. The molecule has 0 amide bonds. The first kappa shape index (κ1) is 23.1. The van der Waals surface area contributed by atoms with E-state index in [1.165, 1.54) is 17.7 Å². The van der Waals surface area contributed by atoms with Gasteiger partial charge in [0.2, 0.25) is 6.79 Å². The van der Waals surface area contributed by atoms with Crippen LogP contribution in [0.2, 0.25) is 0 Å². The molecule has 0 bridgehead atoms. The van der Waals surface area contributed by atoms with E-state index in [9.17, 15) is 14.0 Å². The van der Waals surface area contributed by atoms with Crippen LogP contribution in [0.25, 0.3) is 0 Å². The average Bonchev–Trinajstić information content (AvgIpc) is 3.25. The molecule has 2 unspecified atom stereocenters. The van der Waals surface area contributed by atoms with Crippen molar-refractivity contribution in [1.82, 2.24) is 5.32 Å². The summed E-state index contributed by atoms with van der Waals surface area (Å²) >= 11 is 0. The number of hydrogen-bond donors (Lipinski definition) is 3. The van der Waals surface area contributed by atoms with Gasteiger partial charge in [-0.05, 0) is 48.7 Å². The Morgan fingerprint density at radius 2 is 1.75 bits per heavy atom. The van der Waals surface area contributed by atoms with Crippen LogP contribution in [0.15, 0.2) is 54.6 Å². The molecule has 9 heteroatoms. The lowest BCUT2D eigenvalue weighted by Gasteiger charge is -2.32. The molecule has 3 N–H and O–H groups in total. The highest BCUT2D eigenvalue weighted by molar-refractivity contribution is 5.89. The van der Waals surface area contributed by atoms with Gasteiger partial charge in [0.1, 0.15) is 11.6 Å². The van der Waals surface area contributed by atoms with Crippen molar-refractivity contribution in [1.29, 1.82) is 0 Å². The summed E-state index contributed by atoms with van der Waals surface area (Å²) in [6.07, 6.45) is 2.14. The third-order valence-electron chi connectivity index (χ3n) is 5.08. The Bertz CT molecular complexity index is 945. The third kappa shape index (κ3) is 6.71. The molecule has 2 aromatic carbocycles. The van der Waals surface area contributed by atoms with Gasteiger partial charge in [-0.15, -0.1) is 0 Å². The van der Waals surface area contributed by atoms with E-state index in [0.29, 0.717) is 30.6 Å². The van der Waals surface area contributed by atoms with Crippen LogP contribution in [-0.4, -0.2) is 48.6 Å². The van der Waals surface area contributed by atoms with Gasteiger partial charge in [0, 0.05) is 30.7 Å². The maximum atomic E-state index is 13.2. The number of fused-ring (bicyclic) bond motifs is 1. The zero-order chi connectivity index (χ0) is 22.9. The van der Waals surface area contributed by atoms with Crippen molar-refractivity contribution in [3.8, 4) is 17.2 Å². The largest absolute Gasteiger partial charge is 0.493 e. The van der Waals surface area contributed by atoms with Crippen LogP contribution in [0, 0.1) is 11.7 Å². The summed E-state index contributed by atoms with van der Waals surface area (Å²) in [5.74, 6) is 0.272. The minimum atomic E-state index is -1.26. The number of benzene rings is 2. The van der Waals surface area contributed by atoms with Crippen LogP contribution in [-0.2, 0) is 9.59 Å². The lowest BCUT2D eigenvalue weighted by molar-refractivity contribution is -0.134. The van der Waals surface area contributed by atoms with E-state index in [1.54, 1.807) is 0 Å². The first-order valence-corrected chi connectivity index (χ1v) is 10.0. The predicted octanol–water partition coefficient (Wildman–Crippen LogP) is 3.04. The lowest BCUT2D eigenvalue weighted by atomic mass is 9.81. The maximum absolute atomic E-state index is 13.2. The van der Waals surface area contributed by atoms with Crippen LogP contribution < -0.4 is 19.5 Å². The Balaban J connectivity index is 0.000000312. The van der Waals surface area contributed by atoms with Gasteiger partial charge in [0.15, 0.2) is 11.5 Å². The zero-order valence-corrected chi connectivity index (χ0v) is 17.2. The Morgan fingerprint density at radius 3 is 2.44 bits per heavy atom. The summed E-state index contributed by atoms with van der Waals surface area (Å²) in [6, 6.07) is 12.5. The highest BCUT2D eigenvalue weighted by Crippen LogP contribution is 2.36. The van der Waals surface area contributed by atoms with Crippen LogP contribution in [0.1, 0.15) is 17.9 Å². The van der Waals surface area contributed by atoms with Gasteiger partial charge in [0.05, 0.1) is 6.61 Å². The van der Waals surface area contributed by atoms with Crippen LogP contribution in [0.5, 0.6) is 17.2 Å². The van der Waals surface area contributed by atoms with Gasteiger partial charge in [-0.1, -0.05) is 12.1 Å². The molecule has 2 aliphatic rings. The standard InChI is InChI=1S/C19H20FNO3.C4H4O4/c20-15-3-1-13(2-4-15)17-7-8-21-10-14(17)11-22-16-5-6-18-19(9-16)24-12-23-18;5-3(6)1-2-4(7)8/h1-6,9,14,17,21H,7-8,10-12H2;1-2H,(H,5,6)(H,7,8). The Morgan fingerprint density at radius 1 is 1.06 bits per heavy atom. The van der Waals surface area contributed by atoms with E-state index in [1.807, 2.05) is 30.3 Å². The number of nitrogens with one attached hydrogen (secondary N) is 1. The molecule has 0 aliphatic carbocycles. The van der Waals surface area contributed by atoms with Gasteiger partial charge in [-0.3, -0.25) is 0 Å².